The molecule has 2 atom stereocenters. The fourth-order valence-corrected chi connectivity index (χ4v) is 3.18. The molecular weight excluding hydrogens is 311 g/mol. The average molecular weight is 331 g/mol. The summed E-state index contributed by atoms with van der Waals surface area (Å²) < 4.78 is 19.6. The first kappa shape index (κ1) is 14.9. The van der Waals surface area contributed by atoms with Crippen LogP contribution in [0.25, 0.3) is 0 Å². The smallest absolute Gasteiger partial charge is 0.124 e. The fraction of sp³-hybridized carbons (Fsp3) is 0.571. The number of rotatable bonds is 4. The van der Waals surface area contributed by atoms with Gasteiger partial charge in [-0.3, -0.25) is 4.90 Å². The van der Waals surface area contributed by atoms with Gasteiger partial charge in [-0.25, -0.2) is 4.39 Å². The number of hydrogen-bond donors (Lipinski definition) is 1. The summed E-state index contributed by atoms with van der Waals surface area (Å²) in [4.78, 5) is 2.32. The summed E-state index contributed by atoms with van der Waals surface area (Å²) >= 11 is 3.33. The summed E-state index contributed by atoms with van der Waals surface area (Å²) in [5.41, 5.74) is 6.82. The van der Waals surface area contributed by atoms with Crippen LogP contribution >= 0.6 is 15.9 Å². The lowest BCUT2D eigenvalue weighted by molar-refractivity contribution is 0.0102. The SMILES string of the molecule is COC1CCN(Cc2cc(F)cc(Br)c2)C(CN)C1. The van der Waals surface area contributed by atoms with Gasteiger partial charge in [0.05, 0.1) is 6.10 Å². The number of methoxy groups -OCH3 is 1. The van der Waals surface area contributed by atoms with E-state index in [1.165, 1.54) is 6.07 Å². The van der Waals surface area contributed by atoms with Gasteiger partial charge in [0.2, 0.25) is 0 Å². The quantitative estimate of drug-likeness (QED) is 0.921. The molecule has 1 fully saturated rings. The van der Waals surface area contributed by atoms with E-state index < -0.39 is 0 Å². The average Bonchev–Trinajstić information content (AvgIpc) is 2.38. The molecule has 106 valence electrons. The molecule has 1 aromatic rings. The first-order valence-corrected chi connectivity index (χ1v) is 7.33. The third kappa shape index (κ3) is 3.99. The molecule has 1 saturated heterocycles. The van der Waals surface area contributed by atoms with Gasteiger partial charge in [0.15, 0.2) is 0 Å². The Morgan fingerprint density at radius 3 is 2.89 bits per heavy atom. The maximum Gasteiger partial charge on any atom is 0.124 e. The summed E-state index contributed by atoms with van der Waals surface area (Å²) in [6.45, 7) is 2.28. The Labute approximate surface area is 122 Å². The summed E-state index contributed by atoms with van der Waals surface area (Å²) in [6, 6.07) is 5.32. The third-order valence-corrected chi connectivity index (χ3v) is 4.16. The Bertz CT molecular complexity index is 410. The second-order valence-corrected chi connectivity index (χ2v) is 5.94. The minimum Gasteiger partial charge on any atom is -0.381 e. The molecular formula is C14H20BrFN2O. The molecule has 2 unspecified atom stereocenters. The molecule has 0 spiro atoms. The van der Waals surface area contributed by atoms with Gasteiger partial charge in [0.25, 0.3) is 0 Å². The summed E-state index contributed by atoms with van der Waals surface area (Å²) in [5, 5.41) is 0. The van der Waals surface area contributed by atoms with E-state index in [0.717, 1.165) is 36.0 Å². The minimum atomic E-state index is -0.208. The normalized spacial score (nSPS) is 24.6. The first-order valence-electron chi connectivity index (χ1n) is 6.54. The van der Waals surface area contributed by atoms with Crippen molar-refractivity contribution in [3.8, 4) is 0 Å². The molecule has 0 bridgehead atoms. The van der Waals surface area contributed by atoms with E-state index in [1.54, 1.807) is 13.2 Å². The number of piperidine rings is 1. The summed E-state index contributed by atoms with van der Waals surface area (Å²) in [6.07, 6.45) is 2.25. The number of likely N-dealkylation sites (tertiary alicyclic amines) is 1. The van der Waals surface area contributed by atoms with Gasteiger partial charge in [0, 0.05) is 37.3 Å². The zero-order chi connectivity index (χ0) is 13.8. The van der Waals surface area contributed by atoms with E-state index in [-0.39, 0.29) is 5.82 Å². The number of nitrogens with zero attached hydrogens (tertiary/aromatic N) is 1. The molecule has 2 rings (SSSR count). The van der Waals surface area contributed by atoms with Gasteiger partial charge in [0.1, 0.15) is 5.82 Å². The van der Waals surface area contributed by atoms with Gasteiger partial charge in [-0.2, -0.15) is 0 Å². The van der Waals surface area contributed by atoms with Gasteiger partial charge in [-0.05, 0) is 36.6 Å². The Hall–Kier alpha value is -0.490. The van der Waals surface area contributed by atoms with Crippen molar-refractivity contribution in [1.29, 1.82) is 0 Å². The van der Waals surface area contributed by atoms with Crippen molar-refractivity contribution in [3.05, 3.63) is 34.1 Å². The molecule has 1 aliphatic heterocycles. The maximum absolute atomic E-state index is 13.4. The van der Waals surface area contributed by atoms with Crippen LogP contribution in [0.4, 0.5) is 4.39 Å². The lowest BCUT2D eigenvalue weighted by atomic mass is 9.98. The predicted octanol–water partition coefficient (Wildman–Crippen LogP) is 2.53. The van der Waals surface area contributed by atoms with Crippen LogP contribution in [0, 0.1) is 5.82 Å². The van der Waals surface area contributed by atoms with Crippen LogP contribution < -0.4 is 5.73 Å². The molecule has 19 heavy (non-hydrogen) atoms. The Balaban J connectivity index is 2.05. The predicted molar refractivity (Wildman–Crippen MR) is 77.4 cm³/mol. The Kier molecular flexibility index (Phi) is 5.33. The summed E-state index contributed by atoms with van der Waals surface area (Å²) in [5.74, 6) is -0.208. The fourth-order valence-electron chi connectivity index (χ4n) is 2.67. The number of ether oxygens (including phenoxy) is 1. The maximum atomic E-state index is 13.4. The molecule has 0 aromatic heterocycles. The largest absolute Gasteiger partial charge is 0.381 e. The number of benzene rings is 1. The topological polar surface area (TPSA) is 38.5 Å². The standard InChI is InChI=1S/C14H20BrFN2O/c1-19-14-2-3-18(13(7-14)8-17)9-10-4-11(15)6-12(16)5-10/h4-6,13-14H,2-3,7-9,17H2,1H3. The summed E-state index contributed by atoms with van der Waals surface area (Å²) in [7, 11) is 1.75. The zero-order valence-electron chi connectivity index (χ0n) is 11.1. The Morgan fingerprint density at radius 1 is 1.47 bits per heavy atom. The van der Waals surface area contributed by atoms with Crippen molar-refractivity contribution in [3.63, 3.8) is 0 Å². The van der Waals surface area contributed by atoms with Crippen LogP contribution in [0.15, 0.2) is 22.7 Å². The van der Waals surface area contributed by atoms with Crippen LogP contribution in [0.1, 0.15) is 18.4 Å². The second kappa shape index (κ2) is 6.79. The highest BCUT2D eigenvalue weighted by Crippen LogP contribution is 2.23. The zero-order valence-corrected chi connectivity index (χ0v) is 12.7. The molecule has 2 N–H and O–H groups in total. The van der Waals surface area contributed by atoms with E-state index in [0.29, 0.717) is 18.7 Å². The van der Waals surface area contributed by atoms with E-state index in [2.05, 4.69) is 20.8 Å². The lowest BCUT2D eigenvalue weighted by Gasteiger charge is -2.38. The van der Waals surface area contributed by atoms with Crippen molar-refractivity contribution in [2.75, 3.05) is 20.2 Å². The number of halogens is 2. The molecule has 1 heterocycles. The number of nitrogens with two attached hydrogens (primary N) is 1. The third-order valence-electron chi connectivity index (χ3n) is 3.70. The molecule has 0 amide bonds. The first-order chi connectivity index (χ1) is 9.12. The van der Waals surface area contributed by atoms with Crippen molar-refractivity contribution in [2.45, 2.75) is 31.5 Å². The second-order valence-electron chi connectivity index (χ2n) is 5.02. The molecule has 0 radical (unpaired) electrons. The van der Waals surface area contributed by atoms with E-state index in [1.807, 2.05) is 6.07 Å². The highest BCUT2D eigenvalue weighted by atomic mass is 79.9. The molecule has 0 saturated carbocycles. The molecule has 5 heteroatoms. The molecule has 0 aliphatic carbocycles. The molecule has 1 aliphatic rings. The van der Waals surface area contributed by atoms with Crippen molar-refractivity contribution in [1.82, 2.24) is 4.90 Å². The Morgan fingerprint density at radius 2 is 2.26 bits per heavy atom. The number of hydrogen-bond acceptors (Lipinski definition) is 3. The van der Waals surface area contributed by atoms with Crippen molar-refractivity contribution < 1.29 is 9.13 Å². The van der Waals surface area contributed by atoms with Gasteiger partial charge < -0.3 is 10.5 Å². The monoisotopic (exact) mass is 330 g/mol. The molecule has 3 nitrogen and oxygen atoms in total. The van der Waals surface area contributed by atoms with Gasteiger partial charge in [-0.15, -0.1) is 0 Å². The van der Waals surface area contributed by atoms with Crippen LogP contribution in [-0.2, 0) is 11.3 Å². The van der Waals surface area contributed by atoms with Crippen LogP contribution in [-0.4, -0.2) is 37.2 Å². The lowest BCUT2D eigenvalue weighted by Crippen LogP contribution is -2.47. The molecule has 1 aromatic carbocycles. The van der Waals surface area contributed by atoms with E-state index >= 15 is 0 Å². The van der Waals surface area contributed by atoms with Crippen LogP contribution in [0.2, 0.25) is 0 Å². The van der Waals surface area contributed by atoms with Crippen molar-refractivity contribution >= 4 is 15.9 Å². The van der Waals surface area contributed by atoms with Gasteiger partial charge >= 0.3 is 0 Å². The van der Waals surface area contributed by atoms with E-state index in [9.17, 15) is 4.39 Å². The van der Waals surface area contributed by atoms with Crippen LogP contribution in [0.3, 0.4) is 0 Å². The van der Waals surface area contributed by atoms with Crippen molar-refractivity contribution in [2.24, 2.45) is 5.73 Å². The van der Waals surface area contributed by atoms with Crippen LogP contribution in [0.5, 0.6) is 0 Å². The highest BCUT2D eigenvalue weighted by molar-refractivity contribution is 9.10. The van der Waals surface area contributed by atoms with Gasteiger partial charge in [-0.1, -0.05) is 15.9 Å². The highest BCUT2D eigenvalue weighted by Gasteiger charge is 2.27. The minimum absolute atomic E-state index is 0.208. The van der Waals surface area contributed by atoms with E-state index in [4.69, 9.17) is 10.5 Å².